The van der Waals surface area contributed by atoms with Gasteiger partial charge in [0, 0.05) is 16.1 Å². The number of nitrogen functional groups attached to an aromatic ring is 1. The predicted octanol–water partition coefficient (Wildman–Crippen LogP) is 4.25. The summed E-state index contributed by atoms with van der Waals surface area (Å²) < 4.78 is 5.32. The summed E-state index contributed by atoms with van der Waals surface area (Å²) in [4.78, 5) is 11.8. The molecule has 0 aliphatic carbocycles. The lowest BCUT2D eigenvalue weighted by Gasteiger charge is -2.10. The van der Waals surface area contributed by atoms with Crippen LogP contribution in [0.4, 0.5) is 11.4 Å². The quantitative estimate of drug-likeness (QED) is 0.814. The fourth-order valence-electron chi connectivity index (χ4n) is 1.56. The van der Waals surface area contributed by atoms with Crippen LogP contribution in [-0.4, -0.2) is 12.5 Å². The predicted molar refractivity (Wildman–Crippen MR) is 86.5 cm³/mol. The first-order valence-electron chi connectivity index (χ1n) is 5.88. The first-order valence-corrected chi connectivity index (χ1v) is 7.02. The third kappa shape index (κ3) is 4.43. The van der Waals surface area contributed by atoms with E-state index in [1.165, 1.54) is 6.07 Å². The van der Waals surface area contributed by atoms with Crippen LogP contribution in [0, 0.1) is 0 Å². The van der Waals surface area contributed by atoms with Gasteiger partial charge in [0.05, 0.1) is 16.4 Å². The number of ether oxygens (including phenoxy) is 1. The number of hydrogen-bond donors (Lipinski definition) is 2. The Bertz CT molecular complexity index is 677. The van der Waals surface area contributed by atoms with Gasteiger partial charge in [-0.25, -0.2) is 0 Å². The van der Waals surface area contributed by atoms with Crippen LogP contribution in [0.3, 0.4) is 0 Å². The Kier molecular flexibility index (Phi) is 5.17. The molecule has 7 heteroatoms. The van der Waals surface area contributed by atoms with Crippen molar-refractivity contribution in [1.29, 1.82) is 0 Å². The number of hydrogen-bond acceptors (Lipinski definition) is 3. The molecule has 3 N–H and O–H groups in total. The molecular formula is C14H11Cl3N2O2. The van der Waals surface area contributed by atoms with Gasteiger partial charge in [-0.3, -0.25) is 4.79 Å². The highest BCUT2D eigenvalue weighted by Crippen LogP contribution is 2.28. The van der Waals surface area contributed by atoms with E-state index in [9.17, 15) is 4.79 Å². The summed E-state index contributed by atoms with van der Waals surface area (Å²) in [6.07, 6.45) is 0. The first-order chi connectivity index (χ1) is 9.95. The third-order valence-corrected chi connectivity index (χ3v) is 3.32. The molecule has 4 nitrogen and oxygen atoms in total. The number of amides is 1. The van der Waals surface area contributed by atoms with Crippen molar-refractivity contribution in [2.45, 2.75) is 0 Å². The molecule has 0 aliphatic rings. The van der Waals surface area contributed by atoms with Crippen molar-refractivity contribution in [2.24, 2.45) is 0 Å². The van der Waals surface area contributed by atoms with E-state index >= 15 is 0 Å². The van der Waals surface area contributed by atoms with Gasteiger partial charge in [0.2, 0.25) is 0 Å². The lowest BCUT2D eigenvalue weighted by molar-refractivity contribution is -0.118. The second-order valence-electron chi connectivity index (χ2n) is 4.14. The van der Waals surface area contributed by atoms with Crippen LogP contribution in [0.15, 0.2) is 36.4 Å². The zero-order chi connectivity index (χ0) is 15.4. The maximum atomic E-state index is 11.8. The summed E-state index contributed by atoms with van der Waals surface area (Å²) in [5.74, 6) is -0.0385. The van der Waals surface area contributed by atoms with Crippen LogP contribution in [-0.2, 0) is 4.79 Å². The molecule has 2 aromatic carbocycles. The van der Waals surface area contributed by atoms with Crippen LogP contribution in [0.5, 0.6) is 5.75 Å². The van der Waals surface area contributed by atoms with Crippen molar-refractivity contribution < 1.29 is 9.53 Å². The second kappa shape index (κ2) is 6.89. The minimum Gasteiger partial charge on any atom is -0.482 e. The number of benzene rings is 2. The molecule has 0 unspecified atom stereocenters. The van der Waals surface area contributed by atoms with Crippen LogP contribution in [0.25, 0.3) is 0 Å². The summed E-state index contributed by atoms with van der Waals surface area (Å²) in [5, 5.41) is 3.95. The normalized spacial score (nSPS) is 10.2. The minimum absolute atomic E-state index is 0.220. The number of carbonyl (C=O) groups excluding carboxylic acids is 1. The smallest absolute Gasteiger partial charge is 0.262 e. The van der Waals surface area contributed by atoms with E-state index in [1.54, 1.807) is 30.3 Å². The number of anilines is 2. The fourth-order valence-corrected chi connectivity index (χ4v) is 2.08. The highest BCUT2D eigenvalue weighted by atomic mass is 35.5. The van der Waals surface area contributed by atoms with Crippen LogP contribution in [0.1, 0.15) is 0 Å². The van der Waals surface area contributed by atoms with Crippen molar-refractivity contribution >= 4 is 52.1 Å². The van der Waals surface area contributed by atoms with Crippen LogP contribution >= 0.6 is 34.8 Å². The highest BCUT2D eigenvalue weighted by Gasteiger charge is 2.09. The summed E-state index contributed by atoms with van der Waals surface area (Å²) in [6.45, 7) is -0.220. The van der Waals surface area contributed by atoms with E-state index in [4.69, 9.17) is 45.3 Å². The van der Waals surface area contributed by atoms with E-state index in [-0.39, 0.29) is 12.5 Å². The minimum atomic E-state index is -0.375. The molecule has 0 bridgehead atoms. The van der Waals surface area contributed by atoms with Gasteiger partial charge in [0.15, 0.2) is 6.61 Å². The Morgan fingerprint density at radius 2 is 1.76 bits per heavy atom. The molecule has 0 radical (unpaired) electrons. The second-order valence-corrected chi connectivity index (χ2v) is 5.42. The van der Waals surface area contributed by atoms with E-state index in [0.717, 1.165) is 0 Å². The number of nitrogens with two attached hydrogens (primary N) is 1. The van der Waals surface area contributed by atoms with Crippen LogP contribution in [0.2, 0.25) is 15.1 Å². The zero-order valence-corrected chi connectivity index (χ0v) is 13.0. The van der Waals surface area contributed by atoms with Crippen LogP contribution < -0.4 is 15.8 Å². The monoisotopic (exact) mass is 344 g/mol. The fraction of sp³-hybridized carbons (Fsp3) is 0.0714. The lowest BCUT2D eigenvalue weighted by Crippen LogP contribution is -2.20. The Labute approximate surface area is 136 Å². The SMILES string of the molecule is Nc1cc(Cl)ccc1NC(=O)COc1cc(Cl)ccc1Cl. The van der Waals surface area contributed by atoms with Gasteiger partial charge in [-0.05, 0) is 30.3 Å². The van der Waals surface area contributed by atoms with Gasteiger partial charge in [0.25, 0.3) is 5.91 Å². The van der Waals surface area contributed by atoms with Crippen molar-refractivity contribution in [3.05, 3.63) is 51.5 Å². The molecule has 21 heavy (non-hydrogen) atoms. The summed E-state index contributed by atoms with van der Waals surface area (Å²) in [5.41, 5.74) is 6.58. The molecule has 0 fully saturated rings. The van der Waals surface area contributed by atoms with Crippen molar-refractivity contribution in [1.82, 2.24) is 0 Å². The van der Waals surface area contributed by atoms with Crippen molar-refractivity contribution in [3.8, 4) is 5.75 Å². The van der Waals surface area contributed by atoms with Gasteiger partial charge in [0.1, 0.15) is 5.75 Å². The standard InChI is InChI=1S/C14H11Cl3N2O2/c15-8-2-4-12(11(18)5-8)19-14(20)7-21-13-6-9(16)1-3-10(13)17/h1-6H,7,18H2,(H,19,20). The topological polar surface area (TPSA) is 64.3 Å². The maximum Gasteiger partial charge on any atom is 0.262 e. The molecule has 1 amide bonds. The Morgan fingerprint density at radius 1 is 1.10 bits per heavy atom. The first kappa shape index (κ1) is 15.8. The number of nitrogens with one attached hydrogen (secondary N) is 1. The van der Waals surface area contributed by atoms with Gasteiger partial charge in [-0.15, -0.1) is 0 Å². The largest absolute Gasteiger partial charge is 0.482 e. The average molecular weight is 346 g/mol. The molecule has 2 aromatic rings. The van der Waals surface area contributed by atoms with E-state index in [2.05, 4.69) is 5.32 Å². The molecule has 0 saturated carbocycles. The summed E-state index contributed by atoms with van der Waals surface area (Å²) >= 11 is 17.5. The molecule has 0 aliphatic heterocycles. The number of carbonyl (C=O) groups is 1. The Hall–Kier alpha value is -1.62. The van der Waals surface area contributed by atoms with E-state index in [0.29, 0.717) is 32.2 Å². The molecule has 0 aromatic heterocycles. The van der Waals surface area contributed by atoms with Crippen molar-refractivity contribution in [2.75, 3.05) is 17.7 Å². The third-order valence-electron chi connectivity index (χ3n) is 2.54. The van der Waals surface area contributed by atoms with Gasteiger partial charge < -0.3 is 15.8 Å². The van der Waals surface area contributed by atoms with E-state index in [1.807, 2.05) is 0 Å². The summed E-state index contributed by atoms with van der Waals surface area (Å²) in [7, 11) is 0. The van der Waals surface area contributed by atoms with Gasteiger partial charge >= 0.3 is 0 Å². The highest BCUT2D eigenvalue weighted by molar-refractivity contribution is 6.34. The van der Waals surface area contributed by atoms with E-state index < -0.39 is 0 Å². The molecule has 2 rings (SSSR count). The molecular weight excluding hydrogens is 335 g/mol. The summed E-state index contributed by atoms with van der Waals surface area (Å²) in [6, 6.07) is 9.55. The van der Waals surface area contributed by atoms with Gasteiger partial charge in [-0.2, -0.15) is 0 Å². The van der Waals surface area contributed by atoms with Gasteiger partial charge in [-0.1, -0.05) is 34.8 Å². The zero-order valence-electron chi connectivity index (χ0n) is 10.7. The average Bonchev–Trinajstić information content (AvgIpc) is 2.43. The molecule has 110 valence electrons. The lowest BCUT2D eigenvalue weighted by atomic mass is 10.2. The molecule has 0 heterocycles. The molecule has 0 atom stereocenters. The molecule has 0 spiro atoms. The Morgan fingerprint density at radius 3 is 2.48 bits per heavy atom. The maximum absolute atomic E-state index is 11.8. The number of rotatable bonds is 4. The number of halogens is 3. The molecule has 0 saturated heterocycles. The Balaban J connectivity index is 1.97. The van der Waals surface area contributed by atoms with Crippen molar-refractivity contribution in [3.63, 3.8) is 0 Å².